The van der Waals surface area contributed by atoms with E-state index in [-0.39, 0.29) is 5.82 Å². The standard InChI is InChI=1S/C12H15ClFN/c13-11-5-4-6-12(14)10(11)9-15-7-2-1-3-8-15/h4-6H,1-3,7-9H2. The van der Waals surface area contributed by atoms with E-state index in [1.54, 1.807) is 12.1 Å². The highest BCUT2D eigenvalue weighted by Crippen LogP contribution is 2.22. The molecule has 1 aromatic carbocycles. The van der Waals surface area contributed by atoms with Crippen molar-refractivity contribution in [3.05, 3.63) is 34.6 Å². The van der Waals surface area contributed by atoms with Crippen LogP contribution in [0.15, 0.2) is 18.2 Å². The first-order chi connectivity index (χ1) is 7.27. The fourth-order valence-corrected chi connectivity index (χ4v) is 2.25. The zero-order valence-electron chi connectivity index (χ0n) is 8.68. The lowest BCUT2D eigenvalue weighted by Crippen LogP contribution is -2.29. The van der Waals surface area contributed by atoms with Crippen LogP contribution in [0.3, 0.4) is 0 Å². The average molecular weight is 228 g/mol. The van der Waals surface area contributed by atoms with Gasteiger partial charge in [-0.3, -0.25) is 4.90 Å². The topological polar surface area (TPSA) is 3.24 Å². The fraction of sp³-hybridized carbons (Fsp3) is 0.500. The Kier molecular flexibility index (Phi) is 3.60. The summed E-state index contributed by atoms with van der Waals surface area (Å²) in [6.45, 7) is 2.76. The maximum atomic E-state index is 13.5. The molecular formula is C12H15ClFN. The highest BCUT2D eigenvalue weighted by atomic mass is 35.5. The van der Waals surface area contributed by atoms with Crippen molar-refractivity contribution in [2.24, 2.45) is 0 Å². The molecule has 2 rings (SSSR count). The lowest BCUT2D eigenvalue weighted by atomic mass is 10.1. The van der Waals surface area contributed by atoms with Crippen molar-refractivity contribution >= 4 is 11.6 Å². The molecule has 3 heteroatoms. The number of benzene rings is 1. The van der Waals surface area contributed by atoms with Crippen molar-refractivity contribution in [2.75, 3.05) is 13.1 Å². The summed E-state index contributed by atoms with van der Waals surface area (Å²) in [5.74, 6) is -0.187. The van der Waals surface area contributed by atoms with Crippen molar-refractivity contribution in [1.82, 2.24) is 4.90 Å². The minimum absolute atomic E-state index is 0.187. The van der Waals surface area contributed by atoms with Gasteiger partial charge >= 0.3 is 0 Å². The molecule has 0 saturated carbocycles. The Morgan fingerprint density at radius 2 is 1.93 bits per heavy atom. The zero-order chi connectivity index (χ0) is 10.7. The molecule has 0 atom stereocenters. The Balaban J connectivity index is 2.09. The smallest absolute Gasteiger partial charge is 0.129 e. The molecule has 1 aliphatic heterocycles. The van der Waals surface area contributed by atoms with Crippen LogP contribution in [0, 0.1) is 5.82 Å². The minimum Gasteiger partial charge on any atom is -0.299 e. The second-order valence-electron chi connectivity index (χ2n) is 4.04. The Morgan fingerprint density at radius 3 is 2.60 bits per heavy atom. The highest BCUT2D eigenvalue weighted by Gasteiger charge is 2.14. The molecule has 1 aliphatic rings. The maximum absolute atomic E-state index is 13.5. The molecular weight excluding hydrogens is 213 g/mol. The van der Waals surface area contributed by atoms with Crippen LogP contribution in [-0.4, -0.2) is 18.0 Å². The predicted octanol–water partition coefficient (Wildman–Crippen LogP) is 3.47. The van der Waals surface area contributed by atoms with Crippen LogP contribution < -0.4 is 0 Å². The van der Waals surface area contributed by atoms with E-state index >= 15 is 0 Å². The van der Waals surface area contributed by atoms with Gasteiger partial charge in [-0.25, -0.2) is 4.39 Å². The summed E-state index contributed by atoms with van der Waals surface area (Å²) in [5.41, 5.74) is 0.640. The Hall–Kier alpha value is -0.600. The first-order valence-electron chi connectivity index (χ1n) is 5.42. The zero-order valence-corrected chi connectivity index (χ0v) is 9.43. The second kappa shape index (κ2) is 4.95. The lowest BCUT2D eigenvalue weighted by molar-refractivity contribution is 0.218. The van der Waals surface area contributed by atoms with E-state index in [0.717, 1.165) is 13.1 Å². The van der Waals surface area contributed by atoms with Crippen LogP contribution in [0.4, 0.5) is 4.39 Å². The molecule has 0 N–H and O–H groups in total. The van der Waals surface area contributed by atoms with E-state index < -0.39 is 0 Å². The van der Waals surface area contributed by atoms with Gasteiger partial charge in [0, 0.05) is 17.1 Å². The summed E-state index contributed by atoms with van der Waals surface area (Å²) >= 11 is 5.98. The normalized spacial score (nSPS) is 18.0. The van der Waals surface area contributed by atoms with E-state index in [1.807, 2.05) is 0 Å². The molecule has 0 amide bonds. The van der Waals surface area contributed by atoms with Crippen molar-refractivity contribution < 1.29 is 4.39 Å². The number of hydrogen-bond donors (Lipinski definition) is 0. The fourth-order valence-electron chi connectivity index (χ4n) is 2.02. The van der Waals surface area contributed by atoms with E-state index in [4.69, 9.17) is 11.6 Å². The third-order valence-electron chi connectivity index (χ3n) is 2.89. The first kappa shape index (κ1) is 10.9. The van der Waals surface area contributed by atoms with E-state index in [1.165, 1.54) is 25.3 Å². The molecule has 0 aliphatic carbocycles. The van der Waals surface area contributed by atoms with E-state index in [0.29, 0.717) is 17.1 Å². The number of halogens is 2. The van der Waals surface area contributed by atoms with Gasteiger partial charge in [-0.2, -0.15) is 0 Å². The summed E-state index contributed by atoms with van der Waals surface area (Å²) in [5, 5.41) is 0.542. The van der Waals surface area contributed by atoms with Gasteiger partial charge in [-0.05, 0) is 38.1 Å². The van der Waals surface area contributed by atoms with Gasteiger partial charge in [0.2, 0.25) is 0 Å². The molecule has 1 aromatic rings. The molecule has 1 heterocycles. The van der Waals surface area contributed by atoms with Gasteiger partial charge in [0.15, 0.2) is 0 Å². The molecule has 0 aromatic heterocycles. The summed E-state index contributed by atoms with van der Waals surface area (Å²) in [6.07, 6.45) is 3.72. The van der Waals surface area contributed by atoms with Crippen LogP contribution in [0.2, 0.25) is 5.02 Å². The second-order valence-corrected chi connectivity index (χ2v) is 4.44. The summed E-state index contributed by atoms with van der Waals surface area (Å²) in [7, 11) is 0. The Morgan fingerprint density at radius 1 is 1.20 bits per heavy atom. The number of hydrogen-bond acceptors (Lipinski definition) is 1. The summed E-state index contributed by atoms with van der Waals surface area (Å²) in [6, 6.07) is 4.88. The van der Waals surface area contributed by atoms with Crippen LogP contribution in [0.1, 0.15) is 24.8 Å². The van der Waals surface area contributed by atoms with Gasteiger partial charge in [-0.15, -0.1) is 0 Å². The van der Waals surface area contributed by atoms with Crippen LogP contribution in [0.25, 0.3) is 0 Å². The SMILES string of the molecule is Fc1cccc(Cl)c1CN1CCCCC1. The summed E-state index contributed by atoms with van der Waals surface area (Å²) in [4.78, 5) is 2.27. The van der Waals surface area contributed by atoms with E-state index in [2.05, 4.69) is 4.90 Å². The minimum atomic E-state index is -0.187. The third-order valence-corrected chi connectivity index (χ3v) is 3.25. The van der Waals surface area contributed by atoms with Gasteiger partial charge in [0.05, 0.1) is 0 Å². The van der Waals surface area contributed by atoms with Crippen molar-refractivity contribution in [1.29, 1.82) is 0 Å². The number of nitrogens with zero attached hydrogens (tertiary/aromatic N) is 1. The van der Waals surface area contributed by atoms with Crippen molar-refractivity contribution in [2.45, 2.75) is 25.8 Å². The van der Waals surface area contributed by atoms with Crippen molar-refractivity contribution in [3.63, 3.8) is 0 Å². The van der Waals surface area contributed by atoms with Gasteiger partial charge in [0.25, 0.3) is 0 Å². The maximum Gasteiger partial charge on any atom is 0.129 e. The molecule has 1 nitrogen and oxygen atoms in total. The third kappa shape index (κ3) is 2.70. The first-order valence-corrected chi connectivity index (χ1v) is 5.80. The molecule has 0 radical (unpaired) electrons. The van der Waals surface area contributed by atoms with Crippen LogP contribution in [-0.2, 0) is 6.54 Å². The number of rotatable bonds is 2. The van der Waals surface area contributed by atoms with E-state index in [9.17, 15) is 4.39 Å². The number of likely N-dealkylation sites (tertiary alicyclic amines) is 1. The monoisotopic (exact) mass is 227 g/mol. The van der Waals surface area contributed by atoms with Crippen molar-refractivity contribution in [3.8, 4) is 0 Å². The average Bonchev–Trinajstić information content (AvgIpc) is 2.25. The molecule has 0 bridgehead atoms. The molecule has 0 spiro atoms. The van der Waals surface area contributed by atoms with Crippen LogP contribution in [0.5, 0.6) is 0 Å². The Bertz CT molecular complexity index is 314. The molecule has 1 fully saturated rings. The molecule has 1 saturated heterocycles. The Labute approximate surface area is 94.8 Å². The molecule has 0 unspecified atom stereocenters. The predicted molar refractivity (Wildman–Crippen MR) is 60.5 cm³/mol. The quantitative estimate of drug-likeness (QED) is 0.748. The molecule has 15 heavy (non-hydrogen) atoms. The molecule has 82 valence electrons. The number of piperidine rings is 1. The largest absolute Gasteiger partial charge is 0.299 e. The summed E-state index contributed by atoms with van der Waals surface area (Å²) < 4.78 is 13.5. The van der Waals surface area contributed by atoms with Gasteiger partial charge in [-0.1, -0.05) is 24.1 Å². The lowest BCUT2D eigenvalue weighted by Gasteiger charge is -2.26. The van der Waals surface area contributed by atoms with Gasteiger partial charge in [0.1, 0.15) is 5.82 Å². The van der Waals surface area contributed by atoms with Crippen LogP contribution >= 0.6 is 11.6 Å². The van der Waals surface area contributed by atoms with Gasteiger partial charge < -0.3 is 0 Å². The highest BCUT2D eigenvalue weighted by molar-refractivity contribution is 6.31.